The smallest absolute Gasteiger partial charge is 0.0152 e. The highest BCUT2D eigenvalue weighted by Gasteiger charge is 2.41. The van der Waals surface area contributed by atoms with Crippen molar-refractivity contribution in [2.75, 3.05) is 0 Å². The second-order valence-corrected chi connectivity index (χ2v) is 8.21. The van der Waals surface area contributed by atoms with Crippen molar-refractivity contribution >= 4 is 0 Å². The lowest BCUT2D eigenvalue weighted by Gasteiger charge is -2.44. The molecule has 116 valence electrons. The summed E-state index contributed by atoms with van der Waals surface area (Å²) >= 11 is 0. The van der Waals surface area contributed by atoms with Gasteiger partial charge < -0.3 is 0 Å². The van der Waals surface area contributed by atoms with E-state index in [0.717, 1.165) is 0 Å². The number of aryl methyl sites for hydroxylation is 4. The fraction of sp³-hybridized carbons (Fsp3) is 0.455. The molecule has 0 aliphatic heterocycles. The van der Waals surface area contributed by atoms with Gasteiger partial charge in [0.2, 0.25) is 0 Å². The number of hydrogen-bond donors (Lipinski definition) is 0. The van der Waals surface area contributed by atoms with E-state index in [4.69, 9.17) is 0 Å². The molecule has 0 N–H and O–H groups in total. The molecule has 0 unspecified atom stereocenters. The summed E-state index contributed by atoms with van der Waals surface area (Å²) < 4.78 is 0. The highest BCUT2D eigenvalue weighted by atomic mass is 14.4. The predicted octanol–water partition coefficient (Wildman–Crippen LogP) is 5.89. The van der Waals surface area contributed by atoms with Crippen molar-refractivity contribution in [3.05, 3.63) is 68.8 Å². The molecule has 0 fully saturated rings. The van der Waals surface area contributed by atoms with E-state index in [0.29, 0.717) is 0 Å². The molecule has 0 aromatic heterocycles. The molecule has 0 radical (unpaired) electrons. The Morgan fingerprint density at radius 1 is 0.455 bits per heavy atom. The molecule has 22 heavy (non-hydrogen) atoms. The van der Waals surface area contributed by atoms with Crippen molar-refractivity contribution in [1.82, 2.24) is 0 Å². The van der Waals surface area contributed by atoms with Gasteiger partial charge in [0.1, 0.15) is 0 Å². The summed E-state index contributed by atoms with van der Waals surface area (Å²) in [6, 6.07) is 9.68. The van der Waals surface area contributed by atoms with E-state index in [2.05, 4.69) is 79.7 Å². The molecule has 1 aliphatic rings. The Kier molecular flexibility index (Phi) is 3.12. The lowest BCUT2D eigenvalue weighted by atomic mass is 9.59. The highest BCUT2D eigenvalue weighted by Crippen LogP contribution is 2.50. The molecule has 1 aliphatic carbocycles. The molecule has 0 heteroatoms. The standard InChI is InChI=1S/C22H28/c1-13-9-17-18(10-14(13)2)22(7,8)20-12-16(4)15(3)11-19(20)21(17,5)6/h9-12H,1-8H3. The molecule has 0 amide bonds. The van der Waals surface area contributed by atoms with Crippen LogP contribution in [0.1, 0.15) is 72.2 Å². The fourth-order valence-corrected chi connectivity index (χ4v) is 3.99. The van der Waals surface area contributed by atoms with Crippen molar-refractivity contribution in [1.29, 1.82) is 0 Å². The summed E-state index contributed by atoms with van der Waals surface area (Å²) in [6.07, 6.45) is 0. The first-order valence-electron chi connectivity index (χ1n) is 8.31. The van der Waals surface area contributed by atoms with Gasteiger partial charge in [-0.3, -0.25) is 0 Å². The van der Waals surface area contributed by atoms with Crippen LogP contribution in [0.2, 0.25) is 0 Å². The topological polar surface area (TPSA) is 0 Å². The number of hydrogen-bond acceptors (Lipinski definition) is 0. The average Bonchev–Trinajstić information content (AvgIpc) is 2.42. The largest absolute Gasteiger partial charge is 0.0546 e. The minimum Gasteiger partial charge on any atom is -0.0546 e. The van der Waals surface area contributed by atoms with Gasteiger partial charge in [0, 0.05) is 10.8 Å². The maximum atomic E-state index is 2.42. The minimum absolute atomic E-state index is 0.0666. The van der Waals surface area contributed by atoms with E-state index in [1.54, 1.807) is 0 Å². The van der Waals surface area contributed by atoms with Gasteiger partial charge in [0.25, 0.3) is 0 Å². The Morgan fingerprint density at radius 3 is 0.818 bits per heavy atom. The van der Waals surface area contributed by atoms with Gasteiger partial charge in [-0.05, 0) is 72.2 Å². The molecule has 0 saturated heterocycles. The molecule has 0 spiro atoms. The molecule has 0 bridgehead atoms. The van der Waals surface area contributed by atoms with E-state index >= 15 is 0 Å². The van der Waals surface area contributed by atoms with E-state index in [1.165, 1.54) is 44.5 Å². The molecular weight excluding hydrogens is 264 g/mol. The summed E-state index contributed by atoms with van der Waals surface area (Å²) in [4.78, 5) is 0. The van der Waals surface area contributed by atoms with Gasteiger partial charge in [-0.15, -0.1) is 0 Å². The van der Waals surface area contributed by atoms with Crippen LogP contribution < -0.4 is 0 Å². The first-order chi connectivity index (χ1) is 10.1. The summed E-state index contributed by atoms with van der Waals surface area (Å²) in [5.41, 5.74) is 11.7. The third-order valence-corrected chi connectivity index (χ3v) is 5.96. The zero-order chi connectivity index (χ0) is 16.4. The van der Waals surface area contributed by atoms with Gasteiger partial charge in [-0.2, -0.15) is 0 Å². The molecule has 0 heterocycles. The second kappa shape index (κ2) is 4.47. The van der Waals surface area contributed by atoms with Gasteiger partial charge in [-0.25, -0.2) is 0 Å². The van der Waals surface area contributed by atoms with Crippen LogP contribution in [0.3, 0.4) is 0 Å². The maximum absolute atomic E-state index is 2.42. The molecule has 0 nitrogen and oxygen atoms in total. The molecule has 0 saturated carbocycles. The van der Waals surface area contributed by atoms with E-state index in [-0.39, 0.29) is 10.8 Å². The first kappa shape index (κ1) is 15.3. The third kappa shape index (κ3) is 1.89. The van der Waals surface area contributed by atoms with Crippen LogP contribution in [0.4, 0.5) is 0 Å². The lowest BCUT2D eigenvalue weighted by Crippen LogP contribution is -2.37. The van der Waals surface area contributed by atoms with Crippen LogP contribution in [-0.2, 0) is 10.8 Å². The summed E-state index contributed by atoms with van der Waals surface area (Å²) in [5.74, 6) is 0. The summed E-state index contributed by atoms with van der Waals surface area (Å²) in [5, 5.41) is 0. The van der Waals surface area contributed by atoms with Crippen molar-refractivity contribution in [2.45, 2.75) is 66.2 Å². The normalized spacial score (nSPS) is 17.8. The fourth-order valence-electron chi connectivity index (χ4n) is 3.99. The Balaban J connectivity index is 2.43. The monoisotopic (exact) mass is 292 g/mol. The van der Waals surface area contributed by atoms with Crippen molar-refractivity contribution in [3.8, 4) is 0 Å². The van der Waals surface area contributed by atoms with Gasteiger partial charge in [-0.1, -0.05) is 52.0 Å². The molecule has 2 aromatic rings. The van der Waals surface area contributed by atoms with Crippen LogP contribution in [0, 0.1) is 27.7 Å². The van der Waals surface area contributed by atoms with Crippen LogP contribution in [0.25, 0.3) is 0 Å². The van der Waals surface area contributed by atoms with Crippen molar-refractivity contribution in [3.63, 3.8) is 0 Å². The summed E-state index contributed by atoms with van der Waals surface area (Å²) in [7, 11) is 0. The first-order valence-corrected chi connectivity index (χ1v) is 8.31. The van der Waals surface area contributed by atoms with Gasteiger partial charge in [0.15, 0.2) is 0 Å². The zero-order valence-corrected chi connectivity index (χ0v) is 15.3. The minimum atomic E-state index is 0.0666. The third-order valence-electron chi connectivity index (χ3n) is 5.96. The zero-order valence-electron chi connectivity index (χ0n) is 15.3. The lowest BCUT2D eigenvalue weighted by molar-refractivity contribution is 0.518. The Morgan fingerprint density at radius 2 is 0.636 bits per heavy atom. The second-order valence-electron chi connectivity index (χ2n) is 8.21. The quantitative estimate of drug-likeness (QED) is 0.568. The van der Waals surface area contributed by atoms with E-state index in [1.807, 2.05) is 0 Å². The van der Waals surface area contributed by atoms with E-state index < -0.39 is 0 Å². The Labute approximate surface area is 135 Å². The molecule has 0 atom stereocenters. The average molecular weight is 292 g/mol. The van der Waals surface area contributed by atoms with Crippen LogP contribution in [0.5, 0.6) is 0 Å². The predicted molar refractivity (Wildman–Crippen MR) is 96.1 cm³/mol. The van der Waals surface area contributed by atoms with Crippen LogP contribution in [0.15, 0.2) is 24.3 Å². The van der Waals surface area contributed by atoms with Crippen molar-refractivity contribution < 1.29 is 0 Å². The number of benzene rings is 2. The highest BCUT2D eigenvalue weighted by molar-refractivity contribution is 5.61. The van der Waals surface area contributed by atoms with Gasteiger partial charge in [0.05, 0.1) is 0 Å². The molecule has 2 aromatic carbocycles. The maximum Gasteiger partial charge on any atom is 0.0152 e. The van der Waals surface area contributed by atoms with Gasteiger partial charge >= 0.3 is 0 Å². The van der Waals surface area contributed by atoms with Crippen LogP contribution in [-0.4, -0.2) is 0 Å². The van der Waals surface area contributed by atoms with Crippen LogP contribution >= 0.6 is 0 Å². The molecule has 3 rings (SSSR count). The number of rotatable bonds is 0. The Bertz CT molecular complexity index is 644. The summed E-state index contributed by atoms with van der Waals surface area (Å²) in [6.45, 7) is 18.4. The molecular formula is C22H28. The SMILES string of the molecule is Cc1cc2c(cc1C)C(C)(C)c1cc(C)c(C)cc1C2(C)C. The number of fused-ring (bicyclic) bond motifs is 2. The Hall–Kier alpha value is -1.56. The van der Waals surface area contributed by atoms with E-state index in [9.17, 15) is 0 Å². The van der Waals surface area contributed by atoms with Crippen molar-refractivity contribution in [2.24, 2.45) is 0 Å².